The Morgan fingerprint density at radius 3 is 2.69 bits per heavy atom. The second-order valence-electron chi connectivity index (χ2n) is 5.78. The number of aromatic nitrogens is 3. The number of amides is 1. The zero-order chi connectivity index (χ0) is 18.8. The highest BCUT2D eigenvalue weighted by atomic mass is 32.1. The molecular formula is C18H20N4O3S. The van der Waals surface area contributed by atoms with Crippen LogP contribution in [-0.4, -0.2) is 32.8 Å². The molecular weight excluding hydrogens is 352 g/mol. The largest absolute Gasteiger partial charge is 0.462 e. The van der Waals surface area contributed by atoms with E-state index in [4.69, 9.17) is 4.74 Å². The summed E-state index contributed by atoms with van der Waals surface area (Å²) in [5.74, 6) is -0.730. The number of hydrogen-bond donors (Lipinski definition) is 0. The summed E-state index contributed by atoms with van der Waals surface area (Å²) in [6.07, 6.45) is 1.78. The van der Waals surface area contributed by atoms with Crippen molar-refractivity contribution in [2.24, 2.45) is 12.0 Å². The van der Waals surface area contributed by atoms with E-state index < -0.39 is 0 Å². The standard InChI is InChI=1S/C18H20N4O3S/c1-5-22-13-8-7-12(17(24)25-6-2)9-14(13)26-18(22)19-16(23)15-11(3)10-21(4)20-15/h7-10H,5-6H2,1-4H3. The number of fused-ring (bicyclic) bond motifs is 1. The Kier molecular flexibility index (Phi) is 5.03. The van der Waals surface area contributed by atoms with E-state index in [1.807, 2.05) is 24.5 Å². The van der Waals surface area contributed by atoms with Crippen LogP contribution in [0.5, 0.6) is 0 Å². The van der Waals surface area contributed by atoms with E-state index in [9.17, 15) is 9.59 Å². The quantitative estimate of drug-likeness (QED) is 0.660. The van der Waals surface area contributed by atoms with Crippen LogP contribution in [-0.2, 0) is 18.3 Å². The van der Waals surface area contributed by atoms with E-state index in [1.54, 1.807) is 37.0 Å². The maximum absolute atomic E-state index is 12.5. The summed E-state index contributed by atoms with van der Waals surface area (Å²) in [6.45, 7) is 6.58. The van der Waals surface area contributed by atoms with Crippen LogP contribution in [0.4, 0.5) is 0 Å². The molecule has 3 rings (SSSR count). The Morgan fingerprint density at radius 2 is 2.08 bits per heavy atom. The van der Waals surface area contributed by atoms with E-state index in [-0.39, 0.29) is 11.9 Å². The third-order valence-electron chi connectivity index (χ3n) is 3.92. The molecule has 26 heavy (non-hydrogen) atoms. The molecule has 0 radical (unpaired) electrons. The van der Waals surface area contributed by atoms with Gasteiger partial charge in [0, 0.05) is 25.4 Å². The van der Waals surface area contributed by atoms with Gasteiger partial charge < -0.3 is 9.30 Å². The Morgan fingerprint density at radius 1 is 1.31 bits per heavy atom. The number of thiazole rings is 1. The summed E-state index contributed by atoms with van der Waals surface area (Å²) in [5.41, 5.74) is 2.55. The molecule has 7 nitrogen and oxygen atoms in total. The second-order valence-corrected chi connectivity index (χ2v) is 6.79. The molecule has 0 fully saturated rings. The third-order valence-corrected chi connectivity index (χ3v) is 4.96. The number of carbonyl (C=O) groups excluding carboxylic acids is 2. The zero-order valence-electron chi connectivity index (χ0n) is 15.1. The van der Waals surface area contributed by atoms with Crippen LogP contribution in [0, 0.1) is 6.92 Å². The van der Waals surface area contributed by atoms with Gasteiger partial charge in [0.05, 0.1) is 22.4 Å². The number of hydrogen-bond acceptors (Lipinski definition) is 5. The van der Waals surface area contributed by atoms with Gasteiger partial charge in [-0.15, -0.1) is 0 Å². The molecule has 0 atom stereocenters. The molecule has 0 aliphatic carbocycles. The van der Waals surface area contributed by atoms with Gasteiger partial charge >= 0.3 is 5.97 Å². The van der Waals surface area contributed by atoms with Gasteiger partial charge in [0.1, 0.15) is 0 Å². The second kappa shape index (κ2) is 7.25. The zero-order valence-corrected chi connectivity index (χ0v) is 16.0. The molecule has 0 N–H and O–H groups in total. The van der Waals surface area contributed by atoms with Gasteiger partial charge in [-0.3, -0.25) is 9.48 Å². The lowest BCUT2D eigenvalue weighted by atomic mass is 10.2. The molecule has 0 aliphatic rings. The summed E-state index contributed by atoms with van der Waals surface area (Å²) in [6, 6.07) is 5.37. The number of benzene rings is 1. The van der Waals surface area contributed by atoms with Crippen LogP contribution >= 0.6 is 11.3 Å². The fourth-order valence-electron chi connectivity index (χ4n) is 2.76. The van der Waals surface area contributed by atoms with Crippen molar-refractivity contribution in [2.45, 2.75) is 27.3 Å². The number of esters is 1. The highest BCUT2D eigenvalue weighted by molar-refractivity contribution is 7.16. The number of ether oxygens (including phenoxy) is 1. The molecule has 1 amide bonds. The van der Waals surface area contributed by atoms with Crippen molar-refractivity contribution >= 4 is 33.4 Å². The first-order valence-corrected chi connectivity index (χ1v) is 9.16. The molecule has 1 aromatic carbocycles. The molecule has 0 bridgehead atoms. The average molecular weight is 372 g/mol. The van der Waals surface area contributed by atoms with Crippen LogP contribution in [0.15, 0.2) is 29.4 Å². The molecule has 136 valence electrons. The van der Waals surface area contributed by atoms with E-state index in [1.165, 1.54) is 11.3 Å². The van der Waals surface area contributed by atoms with Crippen molar-refractivity contribution in [1.29, 1.82) is 0 Å². The minimum absolute atomic E-state index is 0.328. The minimum Gasteiger partial charge on any atom is -0.462 e. The van der Waals surface area contributed by atoms with Crippen molar-refractivity contribution < 1.29 is 14.3 Å². The van der Waals surface area contributed by atoms with Crippen LogP contribution in [0.1, 0.15) is 40.3 Å². The van der Waals surface area contributed by atoms with Gasteiger partial charge in [0.15, 0.2) is 10.5 Å². The van der Waals surface area contributed by atoms with Gasteiger partial charge in [0.25, 0.3) is 5.91 Å². The third kappa shape index (κ3) is 3.32. The lowest BCUT2D eigenvalue weighted by Gasteiger charge is -2.03. The van der Waals surface area contributed by atoms with Crippen molar-refractivity contribution in [3.05, 3.63) is 46.0 Å². The smallest absolute Gasteiger partial charge is 0.338 e. The maximum Gasteiger partial charge on any atom is 0.338 e. The first kappa shape index (κ1) is 18.1. The topological polar surface area (TPSA) is 78.5 Å². The lowest BCUT2D eigenvalue weighted by molar-refractivity contribution is 0.0526. The fraction of sp³-hybridized carbons (Fsp3) is 0.333. The van der Waals surface area contributed by atoms with E-state index in [0.29, 0.717) is 29.2 Å². The Balaban J connectivity index is 2.09. The molecule has 0 saturated heterocycles. The van der Waals surface area contributed by atoms with Crippen LogP contribution in [0.25, 0.3) is 10.2 Å². The van der Waals surface area contributed by atoms with Gasteiger partial charge in [-0.1, -0.05) is 11.3 Å². The summed E-state index contributed by atoms with van der Waals surface area (Å²) in [4.78, 5) is 29.3. The predicted molar refractivity (Wildman–Crippen MR) is 99.3 cm³/mol. The van der Waals surface area contributed by atoms with Crippen molar-refractivity contribution in [3.8, 4) is 0 Å². The summed E-state index contributed by atoms with van der Waals surface area (Å²) in [5, 5.41) is 4.18. The lowest BCUT2D eigenvalue weighted by Crippen LogP contribution is -2.16. The summed E-state index contributed by atoms with van der Waals surface area (Å²) in [7, 11) is 1.77. The van der Waals surface area contributed by atoms with Crippen LogP contribution in [0.3, 0.4) is 0 Å². The molecule has 0 aliphatic heterocycles. The summed E-state index contributed by atoms with van der Waals surface area (Å²) < 4.78 is 9.47. The highest BCUT2D eigenvalue weighted by Crippen LogP contribution is 2.20. The Bertz CT molecular complexity index is 1060. The first-order valence-electron chi connectivity index (χ1n) is 8.34. The van der Waals surface area contributed by atoms with Crippen molar-refractivity contribution in [3.63, 3.8) is 0 Å². The van der Waals surface area contributed by atoms with Crippen molar-refractivity contribution in [1.82, 2.24) is 14.3 Å². The monoisotopic (exact) mass is 372 g/mol. The van der Waals surface area contributed by atoms with E-state index in [0.717, 1.165) is 15.8 Å². The number of aryl methyl sites for hydroxylation is 3. The fourth-order valence-corrected chi connectivity index (χ4v) is 3.90. The normalized spacial score (nSPS) is 11.9. The van der Waals surface area contributed by atoms with E-state index in [2.05, 4.69) is 10.1 Å². The van der Waals surface area contributed by atoms with Gasteiger partial charge in [-0.2, -0.15) is 10.1 Å². The molecule has 2 aromatic heterocycles. The summed E-state index contributed by atoms with van der Waals surface area (Å²) >= 11 is 1.37. The van der Waals surface area contributed by atoms with Crippen LogP contribution < -0.4 is 4.80 Å². The number of carbonyl (C=O) groups is 2. The molecule has 3 aromatic rings. The molecule has 0 spiro atoms. The Labute approximate surface area is 154 Å². The number of nitrogens with zero attached hydrogens (tertiary/aromatic N) is 4. The predicted octanol–water partition coefficient (Wildman–Crippen LogP) is 2.68. The molecule has 8 heteroatoms. The van der Waals surface area contributed by atoms with Crippen LogP contribution in [0.2, 0.25) is 0 Å². The minimum atomic E-state index is -0.373. The molecule has 2 heterocycles. The molecule has 0 unspecified atom stereocenters. The highest BCUT2D eigenvalue weighted by Gasteiger charge is 2.15. The van der Waals surface area contributed by atoms with Gasteiger partial charge in [-0.25, -0.2) is 4.79 Å². The Hall–Kier alpha value is -2.74. The molecule has 0 saturated carbocycles. The first-order chi connectivity index (χ1) is 12.4. The van der Waals surface area contributed by atoms with Gasteiger partial charge in [-0.05, 0) is 39.0 Å². The maximum atomic E-state index is 12.5. The number of rotatable bonds is 4. The average Bonchev–Trinajstić information content (AvgIpc) is 3.12. The van der Waals surface area contributed by atoms with Gasteiger partial charge in [0.2, 0.25) is 0 Å². The van der Waals surface area contributed by atoms with Crippen molar-refractivity contribution in [2.75, 3.05) is 6.61 Å². The van der Waals surface area contributed by atoms with E-state index >= 15 is 0 Å². The SMILES string of the molecule is CCOC(=O)c1ccc2c(c1)sc(=NC(=O)c1nn(C)cc1C)n2CC.